The summed E-state index contributed by atoms with van der Waals surface area (Å²) in [6, 6.07) is 0. The summed E-state index contributed by atoms with van der Waals surface area (Å²) in [5.74, 6) is 0. The Morgan fingerprint density at radius 1 is 1.50 bits per heavy atom. The Labute approximate surface area is 73.0 Å². The zero-order chi connectivity index (χ0) is 9.19. The normalized spacial score (nSPS) is 17.4. The molecule has 1 heterocycles. The Morgan fingerprint density at radius 3 is 2.58 bits per heavy atom. The molecular formula is C9H16NO2+. The first kappa shape index (κ1) is 9.23. The minimum atomic E-state index is -0.381. The van der Waals surface area contributed by atoms with Crippen LogP contribution in [-0.4, -0.2) is 29.0 Å². The van der Waals surface area contributed by atoms with E-state index in [0.29, 0.717) is 0 Å². The summed E-state index contributed by atoms with van der Waals surface area (Å²) in [7, 11) is 0. The van der Waals surface area contributed by atoms with Crippen LogP contribution in [0.3, 0.4) is 0 Å². The average Bonchev–Trinajstić information content (AvgIpc) is 2.32. The second-order valence-corrected chi connectivity index (χ2v) is 4.00. The highest BCUT2D eigenvalue weighted by atomic mass is 16.6. The fourth-order valence-electron chi connectivity index (χ4n) is 1.09. The number of rotatable bonds is 0. The summed E-state index contributed by atoms with van der Waals surface area (Å²) in [6.07, 6.45) is 3.71. The number of nitrogens with zero attached hydrogens (tertiary/aromatic N) is 1. The van der Waals surface area contributed by atoms with Crippen molar-refractivity contribution in [2.24, 2.45) is 0 Å². The van der Waals surface area contributed by atoms with E-state index in [0.717, 1.165) is 19.4 Å². The van der Waals surface area contributed by atoms with E-state index in [-0.39, 0.29) is 11.7 Å². The van der Waals surface area contributed by atoms with Gasteiger partial charge in [-0.25, -0.2) is 0 Å². The Morgan fingerprint density at radius 2 is 2.17 bits per heavy atom. The fourth-order valence-corrected chi connectivity index (χ4v) is 1.09. The van der Waals surface area contributed by atoms with E-state index < -0.39 is 0 Å². The van der Waals surface area contributed by atoms with Gasteiger partial charge in [-0.3, -0.25) is 0 Å². The third-order valence-corrected chi connectivity index (χ3v) is 1.58. The van der Waals surface area contributed by atoms with Crippen LogP contribution < -0.4 is 0 Å². The first-order valence-electron chi connectivity index (χ1n) is 4.32. The van der Waals surface area contributed by atoms with Crippen molar-refractivity contribution in [3.05, 3.63) is 0 Å². The predicted octanol–water partition coefficient (Wildman–Crippen LogP) is 1.80. The molecule has 3 heteroatoms. The van der Waals surface area contributed by atoms with E-state index >= 15 is 0 Å². The smallest absolute Gasteiger partial charge is 0.406 e. The number of hydrogen-bond donors (Lipinski definition) is 0. The SMILES string of the molecule is CC(C)(C)OC(=O)[N+]1=CCCC1. The zero-order valence-corrected chi connectivity index (χ0v) is 7.96. The Balaban J connectivity index is 2.49. The van der Waals surface area contributed by atoms with Gasteiger partial charge in [-0.2, -0.15) is 4.79 Å². The van der Waals surface area contributed by atoms with E-state index in [1.807, 2.05) is 27.0 Å². The molecule has 1 aliphatic rings. The molecule has 1 aliphatic heterocycles. The van der Waals surface area contributed by atoms with Gasteiger partial charge in [0, 0.05) is 12.8 Å². The van der Waals surface area contributed by atoms with Crippen LogP contribution in [0.4, 0.5) is 4.79 Å². The van der Waals surface area contributed by atoms with E-state index in [4.69, 9.17) is 4.74 Å². The van der Waals surface area contributed by atoms with Crippen molar-refractivity contribution in [1.29, 1.82) is 0 Å². The maximum Gasteiger partial charge on any atom is 0.596 e. The van der Waals surface area contributed by atoms with Crippen LogP contribution in [0, 0.1) is 0 Å². The summed E-state index contributed by atoms with van der Waals surface area (Å²) >= 11 is 0. The quantitative estimate of drug-likeness (QED) is 0.519. The molecule has 1 rings (SSSR count). The second-order valence-electron chi connectivity index (χ2n) is 4.00. The molecule has 0 spiro atoms. The highest BCUT2D eigenvalue weighted by Crippen LogP contribution is 2.09. The largest absolute Gasteiger partial charge is 0.596 e. The molecule has 0 aromatic rings. The van der Waals surface area contributed by atoms with Gasteiger partial charge in [0.15, 0.2) is 12.8 Å². The van der Waals surface area contributed by atoms with Gasteiger partial charge in [-0.05, 0) is 20.8 Å². The topological polar surface area (TPSA) is 29.3 Å². The van der Waals surface area contributed by atoms with Crippen molar-refractivity contribution in [1.82, 2.24) is 0 Å². The van der Waals surface area contributed by atoms with E-state index in [1.54, 1.807) is 4.58 Å². The molecule has 0 unspecified atom stereocenters. The van der Waals surface area contributed by atoms with Crippen LogP contribution in [0.25, 0.3) is 0 Å². The van der Waals surface area contributed by atoms with Gasteiger partial charge in [0.1, 0.15) is 5.60 Å². The maximum atomic E-state index is 11.3. The highest BCUT2D eigenvalue weighted by Gasteiger charge is 2.27. The molecule has 0 atom stereocenters. The molecule has 0 bridgehead atoms. The van der Waals surface area contributed by atoms with E-state index in [1.165, 1.54) is 0 Å². The van der Waals surface area contributed by atoms with Gasteiger partial charge in [0.25, 0.3) is 0 Å². The molecule has 12 heavy (non-hydrogen) atoms. The minimum Gasteiger partial charge on any atom is -0.406 e. The third kappa shape index (κ3) is 2.64. The van der Waals surface area contributed by atoms with Crippen LogP contribution in [0.15, 0.2) is 0 Å². The lowest BCUT2D eigenvalue weighted by atomic mass is 10.2. The molecule has 1 amide bonds. The van der Waals surface area contributed by atoms with Gasteiger partial charge < -0.3 is 4.74 Å². The molecule has 0 radical (unpaired) electrons. The number of amides is 1. The van der Waals surface area contributed by atoms with Crippen LogP contribution in [-0.2, 0) is 4.74 Å². The van der Waals surface area contributed by atoms with Gasteiger partial charge in [-0.15, -0.1) is 4.58 Å². The Hall–Kier alpha value is -0.860. The monoisotopic (exact) mass is 170 g/mol. The molecule has 3 nitrogen and oxygen atoms in total. The molecule has 0 saturated heterocycles. The number of hydrogen-bond acceptors (Lipinski definition) is 2. The molecule has 0 saturated carbocycles. The molecule has 0 aromatic carbocycles. The van der Waals surface area contributed by atoms with Gasteiger partial charge in [0.2, 0.25) is 0 Å². The first-order chi connectivity index (χ1) is 5.49. The lowest BCUT2D eigenvalue weighted by Gasteiger charge is -2.15. The first-order valence-corrected chi connectivity index (χ1v) is 4.32. The van der Waals surface area contributed by atoms with Gasteiger partial charge >= 0.3 is 6.09 Å². The van der Waals surface area contributed by atoms with Gasteiger partial charge in [0.05, 0.1) is 0 Å². The molecule has 0 aliphatic carbocycles. The summed E-state index contributed by atoms with van der Waals surface area (Å²) in [5, 5.41) is 0. The molecule has 0 N–H and O–H groups in total. The summed E-state index contributed by atoms with van der Waals surface area (Å²) in [4.78, 5) is 11.3. The number of carbonyl (C=O) groups excluding carboxylic acids is 1. The van der Waals surface area contributed by atoms with E-state index in [9.17, 15) is 4.79 Å². The Kier molecular flexibility index (Phi) is 2.50. The average molecular weight is 170 g/mol. The summed E-state index contributed by atoms with van der Waals surface area (Å²) < 4.78 is 6.82. The summed E-state index contributed by atoms with van der Waals surface area (Å²) in [5.41, 5.74) is -0.381. The van der Waals surface area contributed by atoms with Crippen molar-refractivity contribution in [3.63, 3.8) is 0 Å². The van der Waals surface area contributed by atoms with Crippen molar-refractivity contribution in [2.45, 2.75) is 39.2 Å². The predicted molar refractivity (Wildman–Crippen MR) is 46.7 cm³/mol. The van der Waals surface area contributed by atoms with E-state index in [2.05, 4.69) is 0 Å². The molecular weight excluding hydrogens is 154 g/mol. The lowest BCUT2D eigenvalue weighted by Crippen LogP contribution is -2.30. The molecule has 68 valence electrons. The van der Waals surface area contributed by atoms with Crippen molar-refractivity contribution < 1.29 is 14.1 Å². The highest BCUT2D eigenvalue weighted by molar-refractivity contribution is 5.67. The number of ether oxygens (including phenoxy) is 1. The van der Waals surface area contributed by atoms with Crippen molar-refractivity contribution in [2.75, 3.05) is 6.54 Å². The summed E-state index contributed by atoms with van der Waals surface area (Å²) in [6.45, 7) is 6.43. The van der Waals surface area contributed by atoms with Crippen LogP contribution in [0.5, 0.6) is 0 Å². The molecule has 0 aromatic heterocycles. The molecule has 0 fully saturated rings. The lowest BCUT2D eigenvalue weighted by molar-refractivity contribution is -0.438. The Bertz CT molecular complexity index is 213. The third-order valence-electron chi connectivity index (χ3n) is 1.58. The minimum absolute atomic E-state index is 0.222. The van der Waals surface area contributed by atoms with Crippen LogP contribution >= 0.6 is 0 Å². The second kappa shape index (κ2) is 3.25. The van der Waals surface area contributed by atoms with Gasteiger partial charge in [-0.1, -0.05) is 0 Å². The van der Waals surface area contributed by atoms with Crippen molar-refractivity contribution >= 4 is 12.3 Å². The zero-order valence-electron chi connectivity index (χ0n) is 7.96. The maximum absolute atomic E-state index is 11.3. The standard InChI is InChI=1S/C9H16NO2/c1-9(2,3)12-8(11)10-6-4-5-7-10/h6H,4-5,7H2,1-3H3/q+1. The number of carbonyl (C=O) groups is 1. The van der Waals surface area contributed by atoms with Crippen molar-refractivity contribution in [3.8, 4) is 0 Å². The fraction of sp³-hybridized carbons (Fsp3) is 0.778. The van der Waals surface area contributed by atoms with Crippen LogP contribution in [0.1, 0.15) is 33.6 Å². The van der Waals surface area contributed by atoms with Crippen LogP contribution in [0.2, 0.25) is 0 Å².